The Hall–Kier alpha value is -3.28. The molecule has 0 saturated carbocycles. The van der Waals surface area contributed by atoms with Crippen LogP contribution in [-0.2, 0) is 9.84 Å². The molecule has 0 bridgehead atoms. The van der Waals surface area contributed by atoms with Gasteiger partial charge in [0.1, 0.15) is 23.6 Å². The van der Waals surface area contributed by atoms with Gasteiger partial charge in [0, 0.05) is 12.1 Å². The molecular weight excluding hydrogens is 463 g/mol. The largest absolute Gasteiger partial charge is 0.573 e. The molecule has 0 amide bonds. The summed E-state index contributed by atoms with van der Waals surface area (Å²) in [6.45, 7) is 5.04. The van der Waals surface area contributed by atoms with Crippen LogP contribution in [0.5, 0.6) is 17.2 Å². The number of alkyl halides is 3. The Labute approximate surface area is 188 Å². The van der Waals surface area contributed by atoms with Gasteiger partial charge < -0.3 is 19.5 Å². The first-order valence-corrected chi connectivity index (χ1v) is 11.5. The molecule has 0 aliphatic carbocycles. The lowest BCUT2D eigenvalue weighted by molar-refractivity contribution is -0.274. The van der Waals surface area contributed by atoms with Gasteiger partial charge in [-0.3, -0.25) is 0 Å². The zero-order valence-electron chi connectivity index (χ0n) is 18.2. The van der Waals surface area contributed by atoms with Crippen molar-refractivity contribution in [2.24, 2.45) is 0 Å². The highest BCUT2D eigenvalue weighted by Crippen LogP contribution is 2.39. The van der Waals surface area contributed by atoms with Crippen LogP contribution in [0.2, 0.25) is 0 Å². The summed E-state index contributed by atoms with van der Waals surface area (Å²) in [7, 11) is -2.23. The minimum atomic E-state index is -4.99. The van der Waals surface area contributed by atoms with E-state index in [4.69, 9.17) is 9.47 Å². The molecule has 0 spiro atoms. The number of aromatic nitrogens is 2. The molecule has 0 unspecified atom stereocenters. The van der Waals surface area contributed by atoms with E-state index in [1.54, 1.807) is 26.0 Å². The van der Waals surface area contributed by atoms with Crippen molar-refractivity contribution in [3.63, 3.8) is 0 Å². The number of fused-ring (bicyclic) bond motifs is 1. The van der Waals surface area contributed by atoms with Crippen molar-refractivity contribution in [2.75, 3.05) is 18.2 Å². The molecule has 1 N–H and O–H groups in total. The summed E-state index contributed by atoms with van der Waals surface area (Å²) in [4.78, 5) is 8.17. The van der Waals surface area contributed by atoms with E-state index in [0.717, 1.165) is 18.2 Å². The summed E-state index contributed by atoms with van der Waals surface area (Å²) >= 11 is 0. The number of anilines is 2. The Morgan fingerprint density at radius 2 is 1.82 bits per heavy atom. The Morgan fingerprint density at radius 3 is 2.42 bits per heavy atom. The zero-order chi connectivity index (χ0) is 24.4. The predicted molar refractivity (Wildman–Crippen MR) is 116 cm³/mol. The third-order valence-corrected chi connectivity index (χ3v) is 6.17. The van der Waals surface area contributed by atoms with Crippen molar-refractivity contribution < 1.29 is 35.8 Å². The number of nitrogens with one attached hydrogen (secondary N) is 1. The lowest BCUT2D eigenvalue weighted by atomic mass is 10.2. The van der Waals surface area contributed by atoms with E-state index in [1.165, 1.54) is 20.4 Å². The fourth-order valence-corrected chi connectivity index (χ4v) is 3.90. The van der Waals surface area contributed by atoms with Crippen LogP contribution in [0.3, 0.4) is 0 Å². The Kier molecular flexibility index (Phi) is 6.86. The van der Waals surface area contributed by atoms with Gasteiger partial charge in [0.05, 0.1) is 40.5 Å². The fraction of sp³-hybridized carbons (Fsp3) is 0.333. The highest BCUT2D eigenvalue weighted by atomic mass is 32.2. The summed E-state index contributed by atoms with van der Waals surface area (Å²) in [5.41, 5.74) is 0.159. The highest BCUT2D eigenvalue weighted by Gasteiger charge is 2.33. The lowest BCUT2D eigenvalue weighted by Crippen LogP contribution is -2.18. The van der Waals surface area contributed by atoms with E-state index >= 15 is 0 Å². The quantitative estimate of drug-likeness (QED) is 0.483. The fourth-order valence-electron chi connectivity index (χ4n) is 3.00. The number of ether oxygens (including phenoxy) is 3. The zero-order valence-corrected chi connectivity index (χ0v) is 19.0. The molecule has 1 aromatic heterocycles. The van der Waals surface area contributed by atoms with Gasteiger partial charge in [-0.2, -0.15) is 0 Å². The van der Waals surface area contributed by atoms with Crippen molar-refractivity contribution in [1.29, 1.82) is 0 Å². The molecule has 2 aromatic carbocycles. The summed E-state index contributed by atoms with van der Waals surface area (Å²) in [5, 5.41) is 3.13. The SMILES string of the molecule is CCS(=O)(=O)c1ccc(OC(F)(F)F)c(Nc2ncnc3cc(OC)cc(OC(C)C)c23)c1. The minimum absolute atomic E-state index is 0.0939. The standard InChI is InChI=1S/C21H22F3N3O5S/c1-5-33(28,29)14-6-7-17(32-21(22,23)24)15(10-14)27-20-19-16(25-11-26-20)8-13(30-4)9-18(19)31-12(2)3/h6-12H,5H2,1-4H3,(H,25,26,27). The van der Waals surface area contributed by atoms with Gasteiger partial charge in [-0.25, -0.2) is 18.4 Å². The smallest absolute Gasteiger partial charge is 0.497 e. The van der Waals surface area contributed by atoms with Crippen LogP contribution in [0, 0.1) is 0 Å². The molecule has 3 rings (SSSR count). The number of sulfone groups is 1. The molecule has 0 fully saturated rings. The lowest BCUT2D eigenvalue weighted by Gasteiger charge is -2.18. The molecule has 178 valence electrons. The molecular formula is C21H22F3N3O5S. The van der Waals surface area contributed by atoms with Crippen LogP contribution in [0.25, 0.3) is 10.9 Å². The van der Waals surface area contributed by atoms with E-state index in [9.17, 15) is 21.6 Å². The second kappa shape index (κ2) is 9.30. The van der Waals surface area contributed by atoms with Gasteiger partial charge in [0.15, 0.2) is 15.6 Å². The topological polar surface area (TPSA) is 99.6 Å². The second-order valence-electron chi connectivity index (χ2n) is 7.14. The van der Waals surface area contributed by atoms with E-state index in [-0.39, 0.29) is 28.3 Å². The number of halogens is 3. The first-order chi connectivity index (χ1) is 15.4. The van der Waals surface area contributed by atoms with Crippen molar-refractivity contribution in [1.82, 2.24) is 9.97 Å². The normalized spacial score (nSPS) is 12.1. The summed E-state index contributed by atoms with van der Waals surface area (Å²) < 4.78 is 78.8. The average Bonchev–Trinajstić information content (AvgIpc) is 2.73. The van der Waals surface area contributed by atoms with Crippen LogP contribution in [0.4, 0.5) is 24.7 Å². The number of methoxy groups -OCH3 is 1. The summed E-state index contributed by atoms with van der Waals surface area (Å²) in [5.74, 6) is 0.0349. The van der Waals surface area contributed by atoms with Gasteiger partial charge in [0.25, 0.3) is 0 Å². The van der Waals surface area contributed by atoms with E-state index in [2.05, 4.69) is 20.0 Å². The molecule has 0 radical (unpaired) electrons. The van der Waals surface area contributed by atoms with Crippen LogP contribution >= 0.6 is 0 Å². The molecule has 1 heterocycles. The number of hydrogen-bond acceptors (Lipinski definition) is 8. The molecule has 0 aliphatic rings. The minimum Gasteiger partial charge on any atom is -0.497 e. The molecule has 8 nitrogen and oxygen atoms in total. The van der Waals surface area contributed by atoms with Crippen molar-refractivity contribution >= 4 is 32.2 Å². The first kappa shape index (κ1) is 24.4. The van der Waals surface area contributed by atoms with Crippen LogP contribution in [-0.4, -0.2) is 43.7 Å². The van der Waals surface area contributed by atoms with Crippen molar-refractivity contribution in [3.05, 3.63) is 36.7 Å². The Bertz CT molecular complexity index is 1260. The third-order valence-electron chi connectivity index (χ3n) is 4.44. The second-order valence-corrected chi connectivity index (χ2v) is 9.42. The van der Waals surface area contributed by atoms with Crippen LogP contribution < -0.4 is 19.5 Å². The van der Waals surface area contributed by atoms with Crippen molar-refractivity contribution in [3.8, 4) is 17.2 Å². The van der Waals surface area contributed by atoms with Gasteiger partial charge in [0.2, 0.25) is 0 Å². The monoisotopic (exact) mass is 485 g/mol. The summed E-state index contributed by atoms with van der Waals surface area (Å²) in [6.07, 6.45) is -4.02. The molecule has 3 aromatic rings. The van der Waals surface area contributed by atoms with Gasteiger partial charge in [-0.15, -0.1) is 13.2 Å². The molecule has 33 heavy (non-hydrogen) atoms. The summed E-state index contributed by atoms with van der Waals surface area (Å²) in [6, 6.07) is 6.28. The van der Waals surface area contributed by atoms with Crippen molar-refractivity contribution in [2.45, 2.75) is 38.1 Å². The molecule has 0 aliphatic heterocycles. The number of nitrogens with zero attached hydrogens (tertiary/aromatic N) is 2. The first-order valence-electron chi connectivity index (χ1n) is 9.82. The van der Waals surface area contributed by atoms with Gasteiger partial charge >= 0.3 is 6.36 Å². The maximum atomic E-state index is 13.0. The Balaban J connectivity index is 2.20. The number of rotatable bonds is 8. The molecule has 12 heteroatoms. The average molecular weight is 485 g/mol. The number of benzene rings is 2. The van der Waals surface area contributed by atoms with E-state index < -0.39 is 21.9 Å². The van der Waals surface area contributed by atoms with Crippen LogP contribution in [0.1, 0.15) is 20.8 Å². The number of hydrogen-bond donors (Lipinski definition) is 1. The predicted octanol–water partition coefficient (Wildman–Crippen LogP) is 4.86. The third kappa shape index (κ3) is 5.75. The van der Waals surface area contributed by atoms with E-state index in [1.807, 2.05) is 0 Å². The maximum absolute atomic E-state index is 13.0. The maximum Gasteiger partial charge on any atom is 0.573 e. The van der Waals surface area contributed by atoms with Gasteiger partial charge in [-0.05, 0) is 32.0 Å². The van der Waals surface area contributed by atoms with Crippen LogP contribution in [0.15, 0.2) is 41.6 Å². The van der Waals surface area contributed by atoms with Gasteiger partial charge in [-0.1, -0.05) is 6.92 Å². The molecule has 0 saturated heterocycles. The highest BCUT2D eigenvalue weighted by molar-refractivity contribution is 7.91. The molecule has 0 atom stereocenters. The van der Waals surface area contributed by atoms with E-state index in [0.29, 0.717) is 22.4 Å². The Morgan fingerprint density at radius 1 is 1.09 bits per heavy atom.